The molecule has 0 aliphatic carbocycles. The van der Waals surface area contributed by atoms with Crippen LogP contribution < -0.4 is 0 Å². The molecule has 1 aromatic heterocycles. The van der Waals surface area contributed by atoms with Crippen molar-refractivity contribution >= 4 is 5.97 Å². The van der Waals surface area contributed by atoms with Crippen molar-refractivity contribution in [3.8, 4) is 0 Å². The highest BCUT2D eigenvalue weighted by Crippen LogP contribution is 2.23. The van der Waals surface area contributed by atoms with Gasteiger partial charge in [0.25, 0.3) is 0 Å². The third kappa shape index (κ3) is 2.83. The van der Waals surface area contributed by atoms with E-state index < -0.39 is 12.0 Å². The van der Waals surface area contributed by atoms with Gasteiger partial charge in [-0.15, -0.1) is 0 Å². The maximum atomic E-state index is 11.5. The van der Waals surface area contributed by atoms with Crippen molar-refractivity contribution in [2.75, 3.05) is 6.54 Å². The molecule has 0 unspecified atom stereocenters. The van der Waals surface area contributed by atoms with Gasteiger partial charge in [0.05, 0.1) is 0 Å². The smallest absolute Gasteiger partial charge is 0.321 e. The third-order valence-electron chi connectivity index (χ3n) is 4.21. The molecule has 0 spiro atoms. The average molecular weight is 285 g/mol. The first-order valence-electron chi connectivity index (χ1n) is 7.15. The zero-order valence-corrected chi connectivity index (χ0v) is 12.1. The summed E-state index contributed by atoms with van der Waals surface area (Å²) in [5.74, 6) is -0.741. The Kier molecular flexibility index (Phi) is 3.75. The Morgan fingerprint density at radius 2 is 2.10 bits per heavy atom. The largest absolute Gasteiger partial charge is 0.480 e. The van der Waals surface area contributed by atoms with Crippen molar-refractivity contribution < 1.29 is 9.90 Å². The second kappa shape index (κ2) is 5.69. The molecule has 110 valence electrons. The fourth-order valence-corrected chi connectivity index (χ4v) is 2.96. The van der Waals surface area contributed by atoms with E-state index in [1.54, 1.807) is 6.20 Å². The lowest BCUT2D eigenvalue weighted by atomic mass is 9.94. The number of benzene rings is 1. The quantitative estimate of drug-likeness (QED) is 0.924. The van der Waals surface area contributed by atoms with Gasteiger partial charge in [0.2, 0.25) is 0 Å². The molecule has 0 fully saturated rings. The number of carboxylic acids is 1. The maximum absolute atomic E-state index is 11.5. The number of aryl methyl sites for hydroxylation is 1. The molecule has 0 radical (unpaired) electrons. The number of nitrogens with zero attached hydrogens (tertiary/aromatic N) is 3. The normalized spacial score (nSPS) is 18.4. The second-order valence-electron chi connectivity index (χ2n) is 5.49. The van der Waals surface area contributed by atoms with Crippen LogP contribution in [0.3, 0.4) is 0 Å². The van der Waals surface area contributed by atoms with Gasteiger partial charge in [-0.3, -0.25) is 14.4 Å². The summed E-state index contributed by atoms with van der Waals surface area (Å²) in [6.07, 6.45) is 3.16. The van der Waals surface area contributed by atoms with Crippen LogP contribution in [-0.2, 0) is 31.2 Å². The predicted molar refractivity (Wildman–Crippen MR) is 78.9 cm³/mol. The van der Waals surface area contributed by atoms with E-state index in [1.807, 2.05) is 36.0 Å². The molecule has 21 heavy (non-hydrogen) atoms. The van der Waals surface area contributed by atoms with Crippen LogP contribution >= 0.6 is 0 Å². The van der Waals surface area contributed by atoms with Crippen LogP contribution in [0.1, 0.15) is 16.8 Å². The molecule has 1 N–H and O–H groups in total. The van der Waals surface area contributed by atoms with Crippen LogP contribution in [0.2, 0.25) is 0 Å². The Bertz CT molecular complexity index is 650. The van der Waals surface area contributed by atoms with Gasteiger partial charge in [0.15, 0.2) is 0 Å². The number of aromatic nitrogens is 2. The van der Waals surface area contributed by atoms with Crippen molar-refractivity contribution in [3.63, 3.8) is 0 Å². The fourth-order valence-electron chi connectivity index (χ4n) is 2.96. The number of carbonyl (C=O) groups is 1. The van der Waals surface area contributed by atoms with E-state index >= 15 is 0 Å². The van der Waals surface area contributed by atoms with E-state index in [9.17, 15) is 9.90 Å². The van der Waals surface area contributed by atoms with E-state index in [0.717, 1.165) is 24.2 Å². The molecule has 2 heterocycles. The molecule has 1 aliphatic rings. The first kappa shape index (κ1) is 13.8. The molecule has 5 nitrogen and oxygen atoms in total. The molecule has 0 saturated heterocycles. The van der Waals surface area contributed by atoms with Crippen molar-refractivity contribution in [3.05, 3.63) is 53.3 Å². The number of aliphatic carboxylic acids is 1. The van der Waals surface area contributed by atoms with E-state index in [4.69, 9.17) is 0 Å². The molecule has 5 heteroatoms. The molecular weight excluding hydrogens is 266 g/mol. The Hall–Kier alpha value is -2.14. The van der Waals surface area contributed by atoms with Crippen molar-refractivity contribution in [2.24, 2.45) is 7.05 Å². The molecule has 1 aliphatic heterocycles. The van der Waals surface area contributed by atoms with E-state index in [1.165, 1.54) is 5.56 Å². The van der Waals surface area contributed by atoms with Gasteiger partial charge >= 0.3 is 5.97 Å². The minimum atomic E-state index is -0.741. The monoisotopic (exact) mass is 285 g/mol. The summed E-state index contributed by atoms with van der Waals surface area (Å²) in [4.78, 5) is 13.6. The van der Waals surface area contributed by atoms with Crippen LogP contribution in [-0.4, -0.2) is 38.3 Å². The molecule has 0 amide bonds. The van der Waals surface area contributed by atoms with Gasteiger partial charge in [-0.25, -0.2) is 0 Å². The Balaban J connectivity index is 1.76. The standard InChI is InChI=1S/C16H19N3O2/c1-18-14(6-8-17-18)7-9-19-11-13-5-3-2-4-12(13)10-15(19)16(20)21/h2-6,8,15H,7,9-11H2,1H3,(H,20,21)/t15-/m0/s1. The maximum Gasteiger partial charge on any atom is 0.321 e. The number of hydrogen-bond acceptors (Lipinski definition) is 3. The first-order valence-corrected chi connectivity index (χ1v) is 7.15. The summed E-state index contributed by atoms with van der Waals surface area (Å²) in [6, 6.07) is 9.65. The van der Waals surface area contributed by atoms with Crippen LogP contribution in [0.25, 0.3) is 0 Å². The highest BCUT2D eigenvalue weighted by atomic mass is 16.4. The number of carboxylic acid groups (broad SMARTS) is 1. The zero-order valence-electron chi connectivity index (χ0n) is 12.1. The second-order valence-corrected chi connectivity index (χ2v) is 5.49. The lowest BCUT2D eigenvalue weighted by molar-refractivity contribution is -0.143. The summed E-state index contributed by atoms with van der Waals surface area (Å²) in [6.45, 7) is 1.43. The van der Waals surface area contributed by atoms with Gasteiger partial charge in [0, 0.05) is 38.4 Å². The Morgan fingerprint density at radius 3 is 2.76 bits per heavy atom. The third-order valence-corrected chi connectivity index (χ3v) is 4.21. The van der Waals surface area contributed by atoms with Crippen LogP contribution in [0.4, 0.5) is 0 Å². The van der Waals surface area contributed by atoms with Crippen molar-refractivity contribution in [1.29, 1.82) is 0 Å². The summed E-state index contributed by atoms with van der Waals surface area (Å²) in [5.41, 5.74) is 3.51. The van der Waals surface area contributed by atoms with Gasteiger partial charge in [-0.05, 0) is 23.6 Å². The minimum Gasteiger partial charge on any atom is -0.480 e. The van der Waals surface area contributed by atoms with Crippen molar-refractivity contribution in [2.45, 2.75) is 25.4 Å². The highest BCUT2D eigenvalue weighted by Gasteiger charge is 2.30. The van der Waals surface area contributed by atoms with Gasteiger partial charge in [-0.2, -0.15) is 5.10 Å². The first-order chi connectivity index (χ1) is 10.1. The molecular formula is C16H19N3O2. The fraction of sp³-hybridized carbons (Fsp3) is 0.375. The SMILES string of the molecule is Cn1nccc1CCN1Cc2ccccc2C[C@H]1C(=O)O. The van der Waals surface area contributed by atoms with Gasteiger partial charge in [-0.1, -0.05) is 24.3 Å². The lowest BCUT2D eigenvalue weighted by Crippen LogP contribution is -2.46. The Morgan fingerprint density at radius 1 is 1.33 bits per heavy atom. The van der Waals surface area contributed by atoms with E-state index in [2.05, 4.69) is 16.1 Å². The summed E-state index contributed by atoms with van der Waals surface area (Å²) in [7, 11) is 1.91. The number of hydrogen-bond donors (Lipinski definition) is 1. The molecule has 1 atom stereocenters. The van der Waals surface area contributed by atoms with E-state index in [0.29, 0.717) is 13.0 Å². The summed E-state index contributed by atoms with van der Waals surface area (Å²) in [5, 5.41) is 13.6. The summed E-state index contributed by atoms with van der Waals surface area (Å²) >= 11 is 0. The number of rotatable bonds is 4. The Labute approximate surface area is 123 Å². The molecule has 2 aromatic rings. The van der Waals surface area contributed by atoms with Crippen LogP contribution in [0.15, 0.2) is 36.5 Å². The zero-order chi connectivity index (χ0) is 14.8. The topological polar surface area (TPSA) is 58.4 Å². The number of fused-ring (bicyclic) bond motifs is 1. The van der Waals surface area contributed by atoms with Gasteiger partial charge < -0.3 is 5.11 Å². The summed E-state index contributed by atoms with van der Waals surface area (Å²) < 4.78 is 1.84. The van der Waals surface area contributed by atoms with Crippen LogP contribution in [0, 0.1) is 0 Å². The van der Waals surface area contributed by atoms with Crippen molar-refractivity contribution in [1.82, 2.24) is 14.7 Å². The molecule has 0 saturated carbocycles. The molecule has 3 rings (SSSR count). The average Bonchev–Trinajstić information content (AvgIpc) is 2.89. The lowest BCUT2D eigenvalue weighted by Gasteiger charge is -2.34. The minimum absolute atomic E-state index is 0.437. The van der Waals surface area contributed by atoms with Gasteiger partial charge in [0.1, 0.15) is 6.04 Å². The van der Waals surface area contributed by atoms with Crippen LogP contribution in [0.5, 0.6) is 0 Å². The highest BCUT2D eigenvalue weighted by molar-refractivity contribution is 5.74. The molecule has 0 bridgehead atoms. The predicted octanol–water partition coefficient (Wildman–Crippen LogP) is 1.47. The van der Waals surface area contributed by atoms with E-state index in [-0.39, 0.29) is 0 Å². The molecule has 1 aromatic carbocycles.